The van der Waals surface area contributed by atoms with Crippen LogP contribution in [-0.2, 0) is 19.1 Å². The third kappa shape index (κ3) is 5.33. The lowest BCUT2D eigenvalue weighted by atomic mass is 9.77. The van der Waals surface area contributed by atoms with Crippen molar-refractivity contribution in [2.75, 3.05) is 13.2 Å². The molecule has 0 aromatic heterocycles. The van der Waals surface area contributed by atoms with E-state index in [9.17, 15) is 9.59 Å². The molecule has 0 bridgehead atoms. The normalized spacial score (nSPS) is 38.3. The summed E-state index contributed by atoms with van der Waals surface area (Å²) in [5.74, 6) is 1.28. The Kier molecular flexibility index (Phi) is 5.96. The van der Waals surface area contributed by atoms with Crippen LogP contribution in [0.5, 0.6) is 0 Å². The first kappa shape index (κ1) is 20.3. The quantitative estimate of drug-likeness (QED) is 0.598. The van der Waals surface area contributed by atoms with Crippen LogP contribution in [0.1, 0.15) is 64.2 Å². The number of nitrogens with one attached hydrogen (secondary N) is 2. The summed E-state index contributed by atoms with van der Waals surface area (Å²) < 4.78 is 10.7. The molecule has 0 radical (unpaired) electrons. The van der Waals surface area contributed by atoms with E-state index in [1.54, 1.807) is 0 Å². The lowest BCUT2D eigenvalue weighted by Gasteiger charge is -2.34. The first-order valence-corrected chi connectivity index (χ1v) is 11.8. The molecule has 6 heteroatoms. The van der Waals surface area contributed by atoms with Gasteiger partial charge in [-0.2, -0.15) is 0 Å². The Morgan fingerprint density at radius 1 is 0.733 bits per heavy atom. The average molecular weight is 415 g/mol. The van der Waals surface area contributed by atoms with Gasteiger partial charge in [0.1, 0.15) is 12.1 Å². The Morgan fingerprint density at radius 2 is 1.27 bits per heavy atom. The number of carbonyl (C=O) groups excluding carboxylic acids is 2. The van der Waals surface area contributed by atoms with Gasteiger partial charge in [0.05, 0.1) is 25.4 Å². The predicted molar refractivity (Wildman–Crippen MR) is 113 cm³/mol. The zero-order chi connectivity index (χ0) is 20.5. The molecule has 5 aliphatic rings. The number of hydrogen-bond donors (Lipinski definition) is 2. The van der Waals surface area contributed by atoms with Crippen LogP contribution in [0.3, 0.4) is 0 Å². The van der Waals surface area contributed by atoms with Gasteiger partial charge in [-0.3, -0.25) is 9.59 Å². The van der Waals surface area contributed by atoms with E-state index in [1.807, 2.05) is 0 Å². The van der Waals surface area contributed by atoms with Crippen LogP contribution >= 0.6 is 0 Å². The van der Waals surface area contributed by atoms with Crippen molar-refractivity contribution in [2.24, 2.45) is 11.8 Å². The molecule has 30 heavy (non-hydrogen) atoms. The zero-order valence-corrected chi connectivity index (χ0v) is 17.7. The summed E-state index contributed by atoms with van der Waals surface area (Å²) in [6.07, 6.45) is 15.7. The third-order valence-electron chi connectivity index (χ3n) is 7.48. The lowest BCUT2D eigenvalue weighted by Crippen LogP contribution is -2.62. The number of piperazine rings is 1. The van der Waals surface area contributed by atoms with Gasteiger partial charge >= 0.3 is 0 Å². The number of carbonyl (C=O) groups is 2. The summed E-state index contributed by atoms with van der Waals surface area (Å²) in [4.78, 5) is 25.3. The Labute approximate surface area is 178 Å². The van der Waals surface area contributed by atoms with E-state index < -0.39 is 6.04 Å². The van der Waals surface area contributed by atoms with E-state index in [-0.39, 0.29) is 17.9 Å². The maximum Gasteiger partial charge on any atom is 0.243 e. The van der Waals surface area contributed by atoms with Crippen LogP contribution < -0.4 is 10.6 Å². The highest BCUT2D eigenvalue weighted by Crippen LogP contribution is 2.36. The molecule has 4 fully saturated rings. The highest BCUT2D eigenvalue weighted by molar-refractivity contribution is 5.97. The first-order valence-electron chi connectivity index (χ1n) is 11.8. The average Bonchev–Trinajstić information content (AvgIpc) is 3.66. The maximum absolute atomic E-state index is 12.7. The molecule has 0 aromatic carbocycles. The van der Waals surface area contributed by atoms with Crippen LogP contribution in [0.25, 0.3) is 0 Å². The fourth-order valence-electron chi connectivity index (χ4n) is 5.40. The number of epoxide rings is 2. The second-order valence-electron chi connectivity index (χ2n) is 9.95. The Balaban J connectivity index is 1.07. The van der Waals surface area contributed by atoms with Crippen molar-refractivity contribution in [2.45, 2.75) is 88.5 Å². The SMILES string of the molecule is O=C1NC(CC2CCC(CC3CO3)CC2)C(=O)NC1CC1=CC=C(CC2CO2)CC1. The van der Waals surface area contributed by atoms with Crippen LogP contribution in [0.15, 0.2) is 23.3 Å². The summed E-state index contributed by atoms with van der Waals surface area (Å²) in [5, 5.41) is 6.02. The molecule has 3 heterocycles. The van der Waals surface area contributed by atoms with Gasteiger partial charge in [-0.1, -0.05) is 49.0 Å². The van der Waals surface area contributed by atoms with Crippen LogP contribution in [0, 0.1) is 11.8 Å². The summed E-state index contributed by atoms with van der Waals surface area (Å²) >= 11 is 0. The molecule has 1 saturated carbocycles. The number of rotatable bonds is 8. The predicted octanol–water partition coefficient (Wildman–Crippen LogP) is 2.78. The highest BCUT2D eigenvalue weighted by atomic mass is 16.6. The van der Waals surface area contributed by atoms with E-state index in [0.717, 1.165) is 57.7 Å². The second kappa shape index (κ2) is 8.83. The number of allylic oxidation sites excluding steroid dienone is 2. The van der Waals surface area contributed by atoms with Gasteiger partial charge in [0.15, 0.2) is 0 Å². The molecule has 4 atom stereocenters. The smallest absolute Gasteiger partial charge is 0.243 e. The van der Waals surface area contributed by atoms with Gasteiger partial charge in [0.25, 0.3) is 0 Å². The van der Waals surface area contributed by atoms with E-state index in [0.29, 0.717) is 24.5 Å². The fraction of sp³-hybridized carbons (Fsp3) is 0.750. The Bertz CT molecular complexity index is 729. The summed E-state index contributed by atoms with van der Waals surface area (Å²) in [5.41, 5.74) is 2.67. The molecule has 0 aromatic rings. The van der Waals surface area contributed by atoms with Crippen molar-refractivity contribution in [3.05, 3.63) is 23.3 Å². The monoisotopic (exact) mass is 414 g/mol. The van der Waals surface area contributed by atoms with Gasteiger partial charge in [0, 0.05) is 0 Å². The number of amides is 2. The van der Waals surface area contributed by atoms with Crippen LogP contribution in [0.4, 0.5) is 0 Å². The maximum atomic E-state index is 12.7. The minimum atomic E-state index is -0.434. The first-order chi connectivity index (χ1) is 14.6. The van der Waals surface area contributed by atoms with Crippen molar-refractivity contribution >= 4 is 11.8 Å². The molecule has 0 spiro atoms. The lowest BCUT2D eigenvalue weighted by molar-refractivity contribution is -0.137. The van der Waals surface area contributed by atoms with Gasteiger partial charge in [-0.15, -0.1) is 0 Å². The minimum Gasteiger partial charge on any atom is -0.373 e. The molecule has 3 aliphatic heterocycles. The minimum absolute atomic E-state index is 0.00775. The Hall–Kier alpha value is -1.66. The second-order valence-corrected chi connectivity index (χ2v) is 9.95. The van der Waals surface area contributed by atoms with Crippen LogP contribution in [0.2, 0.25) is 0 Å². The summed E-state index contributed by atoms with van der Waals surface area (Å²) in [6.45, 7) is 1.83. The molecule has 2 aliphatic carbocycles. The number of ether oxygens (including phenoxy) is 2. The van der Waals surface area contributed by atoms with Crippen molar-refractivity contribution in [1.82, 2.24) is 10.6 Å². The van der Waals surface area contributed by atoms with Gasteiger partial charge in [-0.05, 0) is 50.4 Å². The van der Waals surface area contributed by atoms with Crippen molar-refractivity contribution < 1.29 is 19.1 Å². The van der Waals surface area contributed by atoms with E-state index in [2.05, 4.69) is 22.8 Å². The third-order valence-corrected chi connectivity index (χ3v) is 7.48. The molecule has 5 rings (SSSR count). The van der Waals surface area contributed by atoms with Crippen molar-refractivity contribution in [1.29, 1.82) is 0 Å². The topological polar surface area (TPSA) is 83.3 Å². The molecule has 6 nitrogen and oxygen atoms in total. The van der Waals surface area contributed by atoms with Crippen LogP contribution in [-0.4, -0.2) is 49.3 Å². The molecular formula is C24H34N2O4. The van der Waals surface area contributed by atoms with E-state index >= 15 is 0 Å². The summed E-state index contributed by atoms with van der Waals surface area (Å²) in [7, 11) is 0. The van der Waals surface area contributed by atoms with Gasteiger partial charge < -0.3 is 20.1 Å². The summed E-state index contributed by atoms with van der Waals surface area (Å²) in [6, 6.07) is -0.802. The standard InChI is InChI=1S/C24H34N2O4/c27-23-21(11-17-5-1-15(2-6-17)9-19-13-29-19)25-24(28)22(26-23)12-18-7-3-16(4-8-18)10-20-14-30-20/h1,5,16,18-22H,2-4,6-14H2,(H,25,28)(H,26,27). The largest absolute Gasteiger partial charge is 0.373 e. The zero-order valence-electron chi connectivity index (χ0n) is 17.7. The molecule has 4 unspecified atom stereocenters. The van der Waals surface area contributed by atoms with E-state index in [1.165, 1.54) is 30.4 Å². The molecule has 164 valence electrons. The van der Waals surface area contributed by atoms with Gasteiger partial charge in [0.2, 0.25) is 11.8 Å². The van der Waals surface area contributed by atoms with Gasteiger partial charge in [-0.25, -0.2) is 0 Å². The number of hydrogen-bond acceptors (Lipinski definition) is 4. The molecular weight excluding hydrogens is 380 g/mol. The van der Waals surface area contributed by atoms with Crippen molar-refractivity contribution in [3.8, 4) is 0 Å². The highest BCUT2D eigenvalue weighted by Gasteiger charge is 2.37. The molecule has 3 saturated heterocycles. The van der Waals surface area contributed by atoms with Crippen molar-refractivity contribution in [3.63, 3.8) is 0 Å². The Morgan fingerprint density at radius 3 is 1.87 bits per heavy atom. The fourth-order valence-corrected chi connectivity index (χ4v) is 5.40. The van der Waals surface area contributed by atoms with E-state index in [4.69, 9.17) is 9.47 Å². The molecule has 2 amide bonds. The molecule has 2 N–H and O–H groups in total.